The van der Waals surface area contributed by atoms with Gasteiger partial charge in [0.05, 0.1) is 13.2 Å². The van der Waals surface area contributed by atoms with Crippen molar-refractivity contribution >= 4 is 22.8 Å². The third-order valence-electron chi connectivity index (χ3n) is 4.63. The van der Waals surface area contributed by atoms with Crippen molar-refractivity contribution in [2.24, 2.45) is 0 Å². The van der Waals surface area contributed by atoms with Crippen molar-refractivity contribution in [3.8, 4) is 5.75 Å². The first-order chi connectivity index (χ1) is 13.4. The summed E-state index contributed by atoms with van der Waals surface area (Å²) >= 11 is 0. The lowest BCUT2D eigenvalue weighted by molar-refractivity contribution is -0.124. The number of para-hydroxylation sites is 1. The highest BCUT2D eigenvalue weighted by Gasteiger charge is 2.17. The summed E-state index contributed by atoms with van der Waals surface area (Å²) in [7, 11) is 1.58. The molecular formula is C22H24N2O4. The number of fused-ring (bicyclic) bond motifs is 1. The van der Waals surface area contributed by atoms with Crippen molar-refractivity contribution in [3.63, 3.8) is 0 Å². The predicted octanol–water partition coefficient (Wildman–Crippen LogP) is 3.83. The van der Waals surface area contributed by atoms with Crippen LogP contribution in [0.3, 0.4) is 0 Å². The molecule has 1 heterocycles. The quantitative estimate of drug-likeness (QED) is 0.637. The number of rotatable bonds is 6. The Morgan fingerprint density at radius 2 is 1.89 bits per heavy atom. The van der Waals surface area contributed by atoms with E-state index in [1.807, 2.05) is 51.1 Å². The van der Waals surface area contributed by atoms with Crippen LogP contribution >= 0.6 is 0 Å². The van der Waals surface area contributed by atoms with Gasteiger partial charge in [0.1, 0.15) is 11.4 Å². The molecule has 1 amide bonds. The number of carbonyl (C=O) groups is 2. The molecule has 0 aliphatic carbocycles. The van der Waals surface area contributed by atoms with E-state index in [0.717, 1.165) is 27.6 Å². The molecule has 0 spiro atoms. The van der Waals surface area contributed by atoms with Crippen LogP contribution in [0.15, 0.2) is 42.5 Å². The summed E-state index contributed by atoms with van der Waals surface area (Å²) in [6.07, 6.45) is 0. The van der Waals surface area contributed by atoms with E-state index in [9.17, 15) is 9.59 Å². The van der Waals surface area contributed by atoms with Crippen LogP contribution in [0, 0.1) is 13.8 Å². The molecule has 3 rings (SSSR count). The highest BCUT2D eigenvalue weighted by atomic mass is 16.5. The fourth-order valence-electron chi connectivity index (χ4n) is 3.30. The zero-order valence-corrected chi connectivity index (χ0v) is 16.5. The third-order valence-corrected chi connectivity index (χ3v) is 4.63. The monoisotopic (exact) mass is 380 g/mol. The Hall–Kier alpha value is -3.28. The number of ether oxygens (including phenoxy) is 2. The number of amides is 1. The van der Waals surface area contributed by atoms with Crippen molar-refractivity contribution in [1.82, 2.24) is 10.3 Å². The molecule has 0 saturated heterocycles. The molecule has 0 radical (unpaired) electrons. The van der Waals surface area contributed by atoms with Crippen LogP contribution in [-0.4, -0.2) is 30.6 Å². The molecule has 6 nitrogen and oxygen atoms in total. The van der Waals surface area contributed by atoms with Crippen LogP contribution in [0.5, 0.6) is 5.75 Å². The van der Waals surface area contributed by atoms with Gasteiger partial charge in [-0.05, 0) is 50.1 Å². The number of carbonyl (C=O) groups excluding carboxylic acids is 2. The van der Waals surface area contributed by atoms with Gasteiger partial charge in [0, 0.05) is 16.5 Å². The molecule has 0 fully saturated rings. The molecule has 0 bridgehead atoms. The number of benzene rings is 2. The van der Waals surface area contributed by atoms with E-state index in [1.54, 1.807) is 13.2 Å². The lowest BCUT2D eigenvalue weighted by atomic mass is 10.1. The molecule has 1 aromatic heterocycles. The lowest BCUT2D eigenvalue weighted by Gasteiger charge is -2.17. The number of aromatic amines is 1. The Labute approximate surface area is 163 Å². The Bertz CT molecular complexity index is 1020. The van der Waals surface area contributed by atoms with E-state index < -0.39 is 5.97 Å². The van der Waals surface area contributed by atoms with Crippen LogP contribution in [0.2, 0.25) is 0 Å². The van der Waals surface area contributed by atoms with Gasteiger partial charge >= 0.3 is 5.97 Å². The van der Waals surface area contributed by atoms with E-state index in [4.69, 9.17) is 9.47 Å². The normalized spacial score (nSPS) is 11.9. The topological polar surface area (TPSA) is 80.4 Å². The average Bonchev–Trinajstić information content (AvgIpc) is 3.10. The largest absolute Gasteiger partial charge is 0.496 e. The van der Waals surface area contributed by atoms with Gasteiger partial charge in [0.15, 0.2) is 6.61 Å². The van der Waals surface area contributed by atoms with Gasteiger partial charge in [0.2, 0.25) is 0 Å². The van der Waals surface area contributed by atoms with Crippen LogP contribution < -0.4 is 10.1 Å². The van der Waals surface area contributed by atoms with Crippen molar-refractivity contribution in [3.05, 3.63) is 64.8 Å². The molecule has 3 aromatic rings. The fraction of sp³-hybridized carbons (Fsp3) is 0.273. The molecule has 0 aliphatic heterocycles. The maximum Gasteiger partial charge on any atom is 0.355 e. The van der Waals surface area contributed by atoms with Crippen molar-refractivity contribution in [1.29, 1.82) is 0 Å². The van der Waals surface area contributed by atoms with Crippen LogP contribution in [-0.2, 0) is 9.53 Å². The second-order valence-corrected chi connectivity index (χ2v) is 6.83. The fourth-order valence-corrected chi connectivity index (χ4v) is 3.30. The second kappa shape index (κ2) is 8.17. The molecule has 0 aliphatic rings. The van der Waals surface area contributed by atoms with E-state index >= 15 is 0 Å². The average molecular weight is 380 g/mol. The standard InChI is InChI=1S/C22H24N2O4/c1-13-9-14(2)17-11-19(24-18(17)10-13)22(26)28-12-21(25)23-15(3)16-7-5-6-8-20(16)27-4/h5-11,15,24H,12H2,1-4H3,(H,23,25). The van der Waals surface area contributed by atoms with Crippen LogP contribution in [0.4, 0.5) is 0 Å². The molecule has 2 aromatic carbocycles. The molecule has 1 atom stereocenters. The molecular weight excluding hydrogens is 356 g/mol. The van der Waals surface area contributed by atoms with E-state index in [1.165, 1.54) is 0 Å². The zero-order valence-electron chi connectivity index (χ0n) is 16.5. The van der Waals surface area contributed by atoms with E-state index in [0.29, 0.717) is 11.4 Å². The summed E-state index contributed by atoms with van der Waals surface area (Å²) in [5.41, 5.74) is 4.24. The predicted molar refractivity (Wildman–Crippen MR) is 108 cm³/mol. The number of methoxy groups -OCH3 is 1. The van der Waals surface area contributed by atoms with Gasteiger partial charge in [0.25, 0.3) is 5.91 Å². The number of nitrogens with one attached hydrogen (secondary N) is 2. The first kappa shape index (κ1) is 19.5. The van der Waals surface area contributed by atoms with Gasteiger partial charge in [-0.1, -0.05) is 24.3 Å². The molecule has 1 unspecified atom stereocenters. The number of aromatic nitrogens is 1. The Balaban J connectivity index is 1.61. The number of esters is 1. The van der Waals surface area contributed by atoms with E-state index in [-0.39, 0.29) is 18.6 Å². The highest BCUT2D eigenvalue weighted by Crippen LogP contribution is 2.24. The minimum atomic E-state index is -0.562. The number of hydrogen-bond donors (Lipinski definition) is 2. The zero-order chi connectivity index (χ0) is 20.3. The van der Waals surface area contributed by atoms with Crippen molar-refractivity contribution in [2.45, 2.75) is 26.8 Å². The van der Waals surface area contributed by atoms with Crippen molar-refractivity contribution in [2.75, 3.05) is 13.7 Å². The molecule has 28 heavy (non-hydrogen) atoms. The van der Waals surface area contributed by atoms with Gasteiger partial charge in [-0.2, -0.15) is 0 Å². The Kier molecular flexibility index (Phi) is 5.68. The maximum absolute atomic E-state index is 12.3. The highest BCUT2D eigenvalue weighted by molar-refractivity contribution is 5.97. The van der Waals surface area contributed by atoms with Crippen LogP contribution in [0.1, 0.15) is 40.1 Å². The molecule has 146 valence electrons. The summed E-state index contributed by atoms with van der Waals surface area (Å²) in [4.78, 5) is 27.6. The summed E-state index contributed by atoms with van der Waals surface area (Å²) in [5.74, 6) is -0.251. The summed E-state index contributed by atoms with van der Waals surface area (Å²) < 4.78 is 10.5. The van der Waals surface area contributed by atoms with E-state index in [2.05, 4.69) is 16.4 Å². The minimum absolute atomic E-state index is 0.277. The number of aryl methyl sites for hydroxylation is 2. The molecule has 0 saturated carbocycles. The van der Waals surface area contributed by atoms with Crippen LogP contribution in [0.25, 0.3) is 10.9 Å². The smallest absolute Gasteiger partial charge is 0.355 e. The van der Waals surface area contributed by atoms with Gasteiger partial charge in [-0.3, -0.25) is 4.79 Å². The van der Waals surface area contributed by atoms with Crippen molar-refractivity contribution < 1.29 is 19.1 Å². The SMILES string of the molecule is COc1ccccc1C(C)NC(=O)COC(=O)c1cc2c(C)cc(C)cc2[nH]1. The molecule has 6 heteroatoms. The summed E-state index contributed by atoms with van der Waals surface area (Å²) in [6, 6.07) is 13.0. The van der Waals surface area contributed by atoms with Gasteiger partial charge < -0.3 is 19.8 Å². The third kappa shape index (κ3) is 4.17. The maximum atomic E-state index is 12.3. The summed E-state index contributed by atoms with van der Waals surface area (Å²) in [6.45, 7) is 5.48. The number of H-pyrrole nitrogens is 1. The number of hydrogen-bond acceptors (Lipinski definition) is 4. The van der Waals surface area contributed by atoms with Gasteiger partial charge in [-0.25, -0.2) is 4.79 Å². The minimum Gasteiger partial charge on any atom is -0.496 e. The van der Waals surface area contributed by atoms with Gasteiger partial charge in [-0.15, -0.1) is 0 Å². The lowest BCUT2D eigenvalue weighted by Crippen LogP contribution is -2.31. The Morgan fingerprint density at radius 3 is 2.64 bits per heavy atom. The first-order valence-corrected chi connectivity index (χ1v) is 9.08. The Morgan fingerprint density at radius 1 is 1.14 bits per heavy atom. The second-order valence-electron chi connectivity index (χ2n) is 6.83. The molecule has 2 N–H and O–H groups in total. The summed E-state index contributed by atoms with van der Waals surface area (Å²) in [5, 5.41) is 3.78. The first-order valence-electron chi connectivity index (χ1n) is 9.08.